The molecule has 7 heteroatoms. The summed E-state index contributed by atoms with van der Waals surface area (Å²) in [6.45, 7) is 5.32. The molecular formula is C26H28FN3O3. The van der Waals surface area contributed by atoms with E-state index in [2.05, 4.69) is 16.4 Å². The van der Waals surface area contributed by atoms with Crippen molar-refractivity contribution in [2.45, 2.75) is 25.8 Å². The van der Waals surface area contributed by atoms with Crippen LogP contribution in [0.15, 0.2) is 60.9 Å². The molecule has 0 radical (unpaired) electrons. The van der Waals surface area contributed by atoms with Crippen LogP contribution in [0.5, 0.6) is 0 Å². The van der Waals surface area contributed by atoms with Crippen LogP contribution in [0.25, 0.3) is 10.8 Å². The minimum atomic E-state index is -1.15. The first-order valence-electron chi connectivity index (χ1n) is 11.1. The van der Waals surface area contributed by atoms with E-state index < -0.39 is 17.3 Å². The van der Waals surface area contributed by atoms with Crippen LogP contribution in [0.3, 0.4) is 0 Å². The number of hydrogen-bond acceptors (Lipinski definition) is 4. The standard InChI is InChI=1S/C26H28FN3O3/c1-26(2,29-24(31)20-6-4-8-22(27)14-20)25(32)30-11-12-33-17-18(16-30)13-19-5-3-7-21-15-28-10-9-23(19)21/h3-10,14-15,18H,11-13,16-17H2,1-2H3,(H,29,31)/t18-/m0/s1. The normalized spacial score (nSPS) is 16.9. The van der Waals surface area contributed by atoms with Crippen molar-refractivity contribution in [3.8, 4) is 0 Å². The van der Waals surface area contributed by atoms with Crippen molar-refractivity contribution in [1.82, 2.24) is 15.2 Å². The second-order valence-electron chi connectivity index (χ2n) is 9.00. The summed E-state index contributed by atoms with van der Waals surface area (Å²) in [7, 11) is 0. The topological polar surface area (TPSA) is 71.5 Å². The van der Waals surface area contributed by atoms with Crippen molar-refractivity contribution in [2.24, 2.45) is 5.92 Å². The smallest absolute Gasteiger partial charge is 0.252 e. The molecule has 33 heavy (non-hydrogen) atoms. The van der Waals surface area contributed by atoms with E-state index in [4.69, 9.17) is 4.74 Å². The molecule has 2 amide bonds. The second kappa shape index (κ2) is 9.67. The highest BCUT2D eigenvalue weighted by Gasteiger charge is 2.35. The fourth-order valence-electron chi connectivity index (χ4n) is 4.30. The monoisotopic (exact) mass is 449 g/mol. The number of rotatable bonds is 5. The molecule has 6 nitrogen and oxygen atoms in total. The van der Waals surface area contributed by atoms with Gasteiger partial charge in [-0.25, -0.2) is 4.39 Å². The van der Waals surface area contributed by atoms with Gasteiger partial charge in [-0.05, 0) is 55.5 Å². The Morgan fingerprint density at radius 1 is 1.21 bits per heavy atom. The quantitative estimate of drug-likeness (QED) is 0.646. The number of hydrogen-bond donors (Lipinski definition) is 1. The lowest BCUT2D eigenvalue weighted by Crippen LogP contribution is -2.57. The Kier molecular flexibility index (Phi) is 6.70. The molecule has 2 heterocycles. The van der Waals surface area contributed by atoms with E-state index in [-0.39, 0.29) is 17.4 Å². The minimum Gasteiger partial charge on any atom is -0.379 e. The van der Waals surface area contributed by atoms with Crippen LogP contribution in [0.2, 0.25) is 0 Å². The molecule has 0 spiro atoms. The Morgan fingerprint density at radius 3 is 2.85 bits per heavy atom. The summed E-state index contributed by atoms with van der Waals surface area (Å²) in [5.74, 6) is -1.06. The van der Waals surface area contributed by atoms with Gasteiger partial charge < -0.3 is 15.0 Å². The van der Waals surface area contributed by atoms with Gasteiger partial charge in [0, 0.05) is 42.4 Å². The highest BCUT2D eigenvalue weighted by atomic mass is 19.1. The van der Waals surface area contributed by atoms with Crippen LogP contribution in [0.1, 0.15) is 29.8 Å². The predicted octanol–water partition coefficient (Wildman–Crippen LogP) is 3.60. The van der Waals surface area contributed by atoms with Gasteiger partial charge in [0.2, 0.25) is 5.91 Å². The number of benzene rings is 2. The lowest BCUT2D eigenvalue weighted by molar-refractivity contribution is -0.137. The fourth-order valence-corrected chi connectivity index (χ4v) is 4.30. The lowest BCUT2D eigenvalue weighted by atomic mass is 9.95. The molecule has 1 saturated heterocycles. The molecule has 1 atom stereocenters. The average Bonchev–Trinajstić information content (AvgIpc) is 3.04. The summed E-state index contributed by atoms with van der Waals surface area (Å²) >= 11 is 0. The first kappa shape index (κ1) is 22.9. The molecule has 0 bridgehead atoms. The Balaban J connectivity index is 1.47. The molecule has 3 aromatic rings. The number of nitrogens with one attached hydrogen (secondary N) is 1. The SMILES string of the molecule is CC(C)(NC(=O)c1cccc(F)c1)C(=O)N1CCOC[C@@H](Cc2cccc3cnccc23)C1. The molecule has 0 unspecified atom stereocenters. The molecule has 1 fully saturated rings. The van der Waals surface area contributed by atoms with Gasteiger partial charge in [-0.2, -0.15) is 0 Å². The van der Waals surface area contributed by atoms with Crippen molar-refractivity contribution in [3.05, 3.63) is 77.9 Å². The van der Waals surface area contributed by atoms with Crippen molar-refractivity contribution in [3.63, 3.8) is 0 Å². The molecular weight excluding hydrogens is 421 g/mol. The van der Waals surface area contributed by atoms with E-state index in [1.54, 1.807) is 24.9 Å². The number of fused-ring (bicyclic) bond motifs is 1. The van der Waals surface area contributed by atoms with Gasteiger partial charge in [0.15, 0.2) is 0 Å². The van der Waals surface area contributed by atoms with E-state index in [1.807, 2.05) is 24.4 Å². The molecule has 1 aromatic heterocycles. The maximum absolute atomic E-state index is 13.5. The summed E-state index contributed by atoms with van der Waals surface area (Å²) in [6.07, 6.45) is 4.40. The second-order valence-corrected chi connectivity index (χ2v) is 9.00. The van der Waals surface area contributed by atoms with Crippen LogP contribution in [0, 0.1) is 11.7 Å². The van der Waals surface area contributed by atoms with E-state index in [0.29, 0.717) is 26.3 Å². The third kappa shape index (κ3) is 5.37. The maximum atomic E-state index is 13.5. The fraction of sp³-hybridized carbons (Fsp3) is 0.346. The van der Waals surface area contributed by atoms with Gasteiger partial charge in [0.25, 0.3) is 5.91 Å². The number of nitrogens with zero attached hydrogens (tertiary/aromatic N) is 2. The highest BCUT2D eigenvalue weighted by Crippen LogP contribution is 2.23. The zero-order valence-corrected chi connectivity index (χ0v) is 18.9. The van der Waals surface area contributed by atoms with Crippen molar-refractivity contribution < 1.29 is 18.7 Å². The van der Waals surface area contributed by atoms with Gasteiger partial charge in [-0.1, -0.05) is 24.3 Å². The number of amides is 2. The number of aromatic nitrogens is 1. The summed E-state index contributed by atoms with van der Waals surface area (Å²) in [4.78, 5) is 32.0. The highest BCUT2D eigenvalue weighted by molar-refractivity contribution is 5.99. The van der Waals surface area contributed by atoms with Gasteiger partial charge in [-0.3, -0.25) is 14.6 Å². The van der Waals surface area contributed by atoms with Crippen LogP contribution >= 0.6 is 0 Å². The molecule has 172 valence electrons. The Bertz CT molecular complexity index is 1160. The van der Waals surface area contributed by atoms with Crippen molar-refractivity contribution in [2.75, 3.05) is 26.3 Å². The van der Waals surface area contributed by atoms with Crippen molar-refractivity contribution in [1.29, 1.82) is 0 Å². The summed E-state index contributed by atoms with van der Waals surface area (Å²) in [5, 5.41) is 4.99. The lowest BCUT2D eigenvalue weighted by Gasteiger charge is -2.33. The summed E-state index contributed by atoms with van der Waals surface area (Å²) in [6, 6.07) is 13.6. The summed E-state index contributed by atoms with van der Waals surface area (Å²) < 4.78 is 19.3. The van der Waals surface area contributed by atoms with E-state index in [1.165, 1.54) is 23.8 Å². The van der Waals surface area contributed by atoms with Crippen LogP contribution < -0.4 is 5.32 Å². The van der Waals surface area contributed by atoms with Crippen LogP contribution in [-0.2, 0) is 16.0 Å². The van der Waals surface area contributed by atoms with Gasteiger partial charge in [0.05, 0.1) is 13.2 Å². The number of ether oxygens (including phenoxy) is 1. The third-order valence-corrected chi connectivity index (χ3v) is 5.95. The molecule has 2 aromatic carbocycles. The maximum Gasteiger partial charge on any atom is 0.252 e. The van der Waals surface area contributed by atoms with Crippen LogP contribution in [0.4, 0.5) is 4.39 Å². The van der Waals surface area contributed by atoms with Crippen molar-refractivity contribution >= 4 is 22.6 Å². The first-order chi connectivity index (χ1) is 15.8. The van der Waals surface area contributed by atoms with Gasteiger partial charge in [-0.15, -0.1) is 0 Å². The van der Waals surface area contributed by atoms with Crippen LogP contribution in [-0.4, -0.2) is 53.5 Å². The zero-order valence-electron chi connectivity index (χ0n) is 18.9. The van der Waals surface area contributed by atoms with E-state index in [9.17, 15) is 14.0 Å². The Labute approximate surface area is 192 Å². The van der Waals surface area contributed by atoms with Gasteiger partial charge >= 0.3 is 0 Å². The molecule has 1 aliphatic rings. The number of pyridine rings is 1. The largest absolute Gasteiger partial charge is 0.379 e. The summed E-state index contributed by atoms with van der Waals surface area (Å²) in [5.41, 5.74) is 0.221. The molecule has 0 saturated carbocycles. The predicted molar refractivity (Wildman–Crippen MR) is 124 cm³/mol. The number of carbonyl (C=O) groups excluding carboxylic acids is 2. The Hall–Kier alpha value is -3.32. The number of carbonyl (C=O) groups is 2. The van der Waals surface area contributed by atoms with E-state index >= 15 is 0 Å². The Morgan fingerprint density at radius 2 is 2.03 bits per heavy atom. The zero-order chi connectivity index (χ0) is 23.4. The van der Waals surface area contributed by atoms with Gasteiger partial charge in [0.1, 0.15) is 11.4 Å². The molecule has 0 aliphatic carbocycles. The van der Waals surface area contributed by atoms with E-state index in [0.717, 1.165) is 23.3 Å². The average molecular weight is 450 g/mol. The number of halogens is 1. The first-order valence-corrected chi connectivity index (χ1v) is 11.1. The minimum absolute atomic E-state index is 0.116. The molecule has 1 aliphatic heterocycles. The molecule has 4 rings (SSSR count). The third-order valence-electron chi connectivity index (χ3n) is 5.95. The molecule has 1 N–H and O–H groups in total.